The Balaban J connectivity index is 2.89. The molecule has 0 aromatic heterocycles. The second-order valence-corrected chi connectivity index (χ2v) is 3.63. The molecule has 0 spiro atoms. The number of aliphatic hydroxyl groups excluding tert-OH is 2. The van der Waals surface area contributed by atoms with E-state index in [0.717, 1.165) is 0 Å². The average molecular weight is 227 g/mol. The highest BCUT2D eigenvalue weighted by Gasteiger charge is 2.26. The van der Waals surface area contributed by atoms with Crippen LogP contribution in [0.15, 0.2) is 16.3 Å². The summed E-state index contributed by atoms with van der Waals surface area (Å²) in [6.07, 6.45) is 1.28. The van der Waals surface area contributed by atoms with Gasteiger partial charge in [-0.1, -0.05) is 0 Å². The molecule has 2 N–H and O–H groups in total. The molecule has 1 unspecified atom stereocenters. The van der Waals surface area contributed by atoms with E-state index in [-0.39, 0.29) is 30.6 Å². The summed E-state index contributed by atoms with van der Waals surface area (Å²) in [6.45, 7) is 3.35. The number of hydrogen-bond donors (Lipinski definition) is 2. The van der Waals surface area contributed by atoms with Gasteiger partial charge in [-0.2, -0.15) is 0 Å². The number of aliphatic hydroxyl groups is 2. The lowest BCUT2D eigenvalue weighted by Gasteiger charge is -2.07. The van der Waals surface area contributed by atoms with Gasteiger partial charge in [0.1, 0.15) is 11.3 Å². The van der Waals surface area contributed by atoms with Crippen molar-refractivity contribution in [3.05, 3.63) is 11.3 Å². The van der Waals surface area contributed by atoms with Gasteiger partial charge in [0.2, 0.25) is 0 Å². The molecule has 0 aromatic rings. The number of rotatable bonds is 4. The summed E-state index contributed by atoms with van der Waals surface area (Å²) in [5.74, 6) is -0.643. The molecule has 1 atom stereocenters. The summed E-state index contributed by atoms with van der Waals surface area (Å²) in [5, 5.41) is 18.4. The van der Waals surface area contributed by atoms with Crippen LogP contribution in [-0.2, 0) is 9.53 Å². The van der Waals surface area contributed by atoms with Crippen LogP contribution in [0.25, 0.3) is 0 Å². The molecule has 0 amide bonds. The van der Waals surface area contributed by atoms with Crippen LogP contribution in [0, 0.1) is 0 Å². The molecule has 1 aliphatic rings. The Morgan fingerprint density at radius 1 is 1.62 bits per heavy atom. The largest absolute Gasteiger partial charge is 0.512 e. The van der Waals surface area contributed by atoms with Crippen molar-refractivity contribution >= 4 is 11.7 Å². The summed E-state index contributed by atoms with van der Waals surface area (Å²) >= 11 is 0. The first-order valence-electron chi connectivity index (χ1n) is 5.35. The van der Waals surface area contributed by atoms with E-state index in [1.165, 1.54) is 6.92 Å². The standard InChI is InChI=1S/C11H17NO4/c1-3-16-11(15)10(7(2)14)9-5-4-8(6-13)12-9/h8,13-14H,3-6H2,1-2H3/b10-7-. The Kier molecular flexibility index (Phi) is 4.49. The molecular formula is C11H17NO4. The maximum Gasteiger partial charge on any atom is 0.343 e. The number of carbonyl (C=O) groups is 1. The lowest BCUT2D eigenvalue weighted by Crippen LogP contribution is -2.16. The van der Waals surface area contributed by atoms with E-state index in [4.69, 9.17) is 9.84 Å². The van der Waals surface area contributed by atoms with Gasteiger partial charge in [0.25, 0.3) is 0 Å². The molecule has 90 valence electrons. The Morgan fingerprint density at radius 2 is 2.31 bits per heavy atom. The predicted octanol–water partition coefficient (Wildman–Crippen LogP) is 0.977. The van der Waals surface area contributed by atoms with E-state index in [1.54, 1.807) is 6.92 Å². The minimum Gasteiger partial charge on any atom is -0.512 e. The highest BCUT2D eigenvalue weighted by Crippen LogP contribution is 2.20. The van der Waals surface area contributed by atoms with Crippen LogP contribution in [0.1, 0.15) is 26.7 Å². The van der Waals surface area contributed by atoms with Gasteiger partial charge in [-0.25, -0.2) is 4.79 Å². The minimum atomic E-state index is -0.556. The molecule has 16 heavy (non-hydrogen) atoms. The molecule has 0 aliphatic carbocycles. The van der Waals surface area contributed by atoms with Gasteiger partial charge in [-0.15, -0.1) is 0 Å². The molecule has 1 rings (SSSR count). The lowest BCUT2D eigenvalue weighted by atomic mass is 10.1. The molecule has 5 nitrogen and oxygen atoms in total. The van der Waals surface area contributed by atoms with Crippen LogP contribution < -0.4 is 0 Å². The van der Waals surface area contributed by atoms with Gasteiger partial charge in [0.15, 0.2) is 0 Å². The summed E-state index contributed by atoms with van der Waals surface area (Å²) in [4.78, 5) is 15.8. The number of ether oxygens (including phenoxy) is 1. The third-order valence-electron chi connectivity index (χ3n) is 2.39. The van der Waals surface area contributed by atoms with Crippen molar-refractivity contribution in [3.63, 3.8) is 0 Å². The van der Waals surface area contributed by atoms with Gasteiger partial charge < -0.3 is 14.9 Å². The number of carbonyl (C=O) groups excluding carboxylic acids is 1. The van der Waals surface area contributed by atoms with E-state index in [0.29, 0.717) is 18.6 Å². The van der Waals surface area contributed by atoms with Crippen molar-refractivity contribution in [1.82, 2.24) is 0 Å². The summed E-state index contributed by atoms with van der Waals surface area (Å²) in [7, 11) is 0. The first kappa shape index (κ1) is 12.7. The van der Waals surface area contributed by atoms with Gasteiger partial charge in [0, 0.05) is 0 Å². The first-order chi connectivity index (χ1) is 7.60. The normalized spacial score (nSPS) is 21.4. The molecule has 0 radical (unpaired) electrons. The van der Waals surface area contributed by atoms with Gasteiger partial charge in [-0.05, 0) is 26.7 Å². The zero-order valence-electron chi connectivity index (χ0n) is 9.56. The van der Waals surface area contributed by atoms with Crippen molar-refractivity contribution < 1.29 is 19.7 Å². The van der Waals surface area contributed by atoms with Crippen LogP contribution in [0.2, 0.25) is 0 Å². The maximum absolute atomic E-state index is 11.6. The monoisotopic (exact) mass is 227 g/mol. The molecule has 0 saturated heterocycles. The van der Waals surface area contributed by atoms with Gasteiger partial charge in [-0.3, -0.25) is 4.99 Å². The van der Waals surface area contributed by atoms with Crippen molar-refractivity contribution in [2.24, 2.45) is 4.99 Å². The SMILES string of the molecule is CCOC(=O)/C(C1=NC(CO)CC1)=C(/C)O. The quantitative estimate of drug-likeness (QED) is 0.426. The molecule has 0 saturated carbocycles. The minimum absolute atomic E-state index is 0.0376. The molecule has 0 aromatic carbocycles. The van der Waals surface area contributed by atoms with Gasteiger partial charge >= 0.3 is 5.97 Å². The highest BCUT2D eigenvalue weighted by atomic mass is 16.5. The van der Waals surface area contributed by atoms with Crippen molar-refractivity contribution in [2.45, 2.75) is 32.7 Å². The number of hydrogen-bond acceptors (Lipinski definition) is 5. The number of aliphatic imine (C=N–C) groups is 1. The molecule has 0 bridgehead atoms. The number of nitrogens with zero attached hydrogens (tertiary/aromatic N) is 1. The average Bonchev–Trinajstić information content (AvgIpc) is 2.66. The Bertz CT molecular complexity index is 329. The number of esters is 1. The summed E-state index contributed by atoms with van der Waals surface area (Å²) < 4.78 is 4.85. The fourth-order valence-electron chi connectivity index (χ4n) is 1.65. The van der Waals surface area contributed by atoms with E-state index in [1.807, 2.05) is 0 Å². The van der Waals surface area contributed by atoms with Crippen molar-refractivity contribution in [3.8, 4) is 0 Å². The van der Waals surface area contributed by atoms with Gasteiger partial charge in [0.05, 0.1) is 25.0 Å². The molecular weight excluding hydrogens is 210 g/mol. The van der Waals surface area contributed by atoms with Crippen molar-refractivity contribution in [2.75, 3.05) is 13.2 Å². The Morgan fingerprint density at radius 3 is 2.75 bits per heavy atom. The predicted molar refractivity (Wildman–Crippen MR) is 59.5 cm³/mol. The van der Waals surface area contributed by atoms with Crippen LogP contribution in [-0.4, -0.2) is 41.1 Å². The third-order valence-corrected chi connectivity index (χ3v) is 2.39. The molecule has 1 heterocycles. The third kappa shape index (κ3) is 2.82. The molecule has 5 heteroatoms. The fourth-order valence-corrected chi connectivity index (χ4v) is 1.65. The summed E-state index contributed by atoms with van der Waals surface area (Å²) in [5.41, 5.74) is 0.662. The smallest absolute Gasteiger partial charge is 0.343 e. The first-order valence-corrected chi connectivity index (χ1v) is 5.35. The van der Waals surface area contributed by atoms with Crippen LogP contribution in [0.4, 0.5) is 0 Å². The Hall–Kier alpha value is -1.36. The highest BCUT2D eigenvalue weighted by molar-refractivity contribution is 6.20. The Labute approximate surface area is 94.5 Å². The van der Waals surface area contributed by atoms with Crippen LogP contribution in [0.5, 0.6) is 0 Å². The van der Waals surface area contributed by atoms with E-state index < -0.39 is 5.97 Å². The summed E-state index contributed by atoms with van der Waals surface area (Å²) in [6, 6.07) is -0.168. The van der Waals surface area contributed by atoms with E-state index >= 15 is 0 Å². The molecule has 0 fully saturated rings. The van der Waals surface area contributed by atoms with E-state index in [2.05, 4.69) is 4.99 Å². The zero-order valence-corrected chi connectivity index (χ0v) is 9.56. The second kappa shape index (κ2) is 5.65. The lowest BCUT2D eigenvalue weighted by molar-refractivity contribution is -0.138. The van der Waals surface area contributed by atoms with Crippen LogP contribution in [0.3, 0.4) is 0 Å². The number of allylic oxidation sites excluding steroid dienone is 1. The van der Waals surface area contributed by atoms with Crippen LogP contribution >= 0.6 is 0 Å². The van der Waals surface area contributed by atoms with E-state index in [9.17, 15) is 9.90 Å². The zero-order chi connectivity index (χ0) is 12.1. The topological polar surface area (TPSA) is 79.1 Å². The second-order valence-electron chi connectivity index (χ2n) is 3.63. The van der Waals surface area contributed by atoms with Crippen molar-refractivity contribution in [1.29, 1.82) is 0 Å². The molecule has 1 aliphatic heterocycles. The fraction of sp³-hybridized carbons (Fsp3) is 0.636. The maximum atomic E-state index is 11.6.